The normalized spacial score (nSPS) is 11.2. The molecule has 0 unspecified atom stereocenters. The first kappa shape index (κ1) is 11.8. The molecule has 0 fully saturated rings. The van der Waals surface area contributed by atoms with Gasteiger partial charge in [-0.3, -0.25) is 0 Å². The molecule has 0 aliphatic heterocycles. The lowest BCUT2D eigenvalue weighted by Crippen LogP contribution is -2.09. The van der Waals surface area contributed by atoms with Crippen molar-refractivity contribution in [3.63, 3.8) is 0 Å². The highest BCUT2D eigenvalue weighted by Gasteiger charge is 2.20. The quantitative estimate of drug-likeness (QED) is 0.719. The van der Waals surface area contributed by atoms with Crippen molar-refractivity contribution in [2.45, 2.75) is 20.1 Å². The number of rotatable bonds is 6. The fraction of sp³-hybridized carbons (Fsp3) is 0.455. The molecule has 6 heteroatoms. The first-order chi connectivity index (χ1) is 8.35. The summed E-state index contributed by atoms with van der Waals surface area (Å²) in [5, 5.41) is 3.80. The molecule has 2 rings (SSSR count). The fourth-order valence-electron chi connectivity index (χ4n) is 1.33. The predicted molar refractivity (Wildman–Crippen MR) is 58.0 cm³/mol. The summed E-state index contributed by atoms with van der Waals surface area (Å²) >= 11 is 0. The Balaban J connectivity index is 2.15. The molecule has 17 heavy (non-hydrogen) atoms. The monoisotopic (exact) mass is 238 g/mol. The van der Waals surface area contributed by atoms with E-state index in [0.29, 0.717) is 30.7 Å². The van der Waals surface area contributed by atoms with Crippen LogP contribution in [0.1, 0.15) is 26.0 Å². The summed E-state index contributed by atoms with van der Waals surface area (Å²) in [5.41, 5.74) is 0. The lowest BCUT2D eigenvalue weighted by atomic mass is 10.4. The maximum absolute atomic E-state index is 5.35. The van der Waals surface area contributed by atoms with Gasteiger partial charge in [0, 0.05) is 13.2 Å². The third-order valence-corrected chi connectivity index (χ3v) is 2.02. The average Bonchev–Trinajstić information content (AvgIpc) is 2.99. The molecule has 0 saturated carbocycles. The van der Waals surface area contributed by atoms with Crippen molar-refractivity contribution < 1.29 is 18.4 Å². The van der Waals surface area contributed by atoms with Gasteiger partial charge >= 0.3 is 0 Å². The summed E-state index contributed by atoms with van der Waals surface area (Å²) in [5.74, 6) is 1.22. The molecule has 2 aromatic rings. The van der Waals surface area contributed by atoms with Gasteiger partial charge in [-0.1, -0.05) is 5.16 Å². The molecule has 6 nitrogen and oxygen atoms in total. The molecule has 0 atom stereocenters. The molecule has 0 bridgehead atoms. The SMILES string of the molecule is CCOC(OCC)c1nc(-c2ccco2)no1. The van der Waals surface area contributed by atoms with Crippen LogP contribution in [0, 0.1) is 0 Å². The van der Waals surface area contributed by atoms with E-state index in [4.69, 9.17) is 18.4 Å². The molecule has 0 aromatic carbocycles. The minimum Gasteiger partial charge on any atom is -0.461 e. The van der Waals surface area contributed by atoms with Gasteiger partial charge in [0.1, 0.15) is 0 Å². The van der Waals surface area contributed by atoms with E-state index in [1.165, 1.54) is 0 Å². The number of hydrogen-bond acceptors (Lipinski definition) is 6. The van der Waals surface area contributed by atoms with Crippen molar-refractivity contribution in [3.05, 3.63) is 24.3 Å². The van der Waals surface area contributed by atoms with Gasteiger partial charge in [-0.05, 0) is 26.0 Å². The summed E-state index contributed by atoms with van der Waals surface area (Å²) in [7, 11) is 0. The molecule has 92 valence electrons. The highest BCUT2D eigenvalue weighted by Crippen LogP contribution is 2.21. The number of aromatic nitrogens is 2. The zero-order valence-electron chi connectivity index (χ0n) is 9.75. The Hall–Kier alpha value is -1.66. The van der Waals surface area contributed by atoms with Crippen LogP contribution in [-0.2, 0) is 9.47 Å². The number of nitrogens with zero attached hydrogens (tertiary/aromatic N) is 2. The first-order valence-corrected chi connectivity index (χ1v) is 5.45. The van der Waals surface area contributed by atoms with E-state index in [2.05, 4.69) is 10.1 Å². The third-order valence-electron chi connectivity index (χ3n) is 2.02. The second kappa shape index (κ2) is 5.60. The topological polar surface area (TPSA) is 70.5 Å². The molecular weight excluding hydrogens is 224 g/mol. The molecule has 0 aliphatic carbocycles. The van der Waals surface area contributed by atoms with Gasteiger partial charge in [-0.25, -0.2) is 0 Å². The maximum atomic E-state index is 5.35. The van der Waals surface area contributed by atoms with E-state index in [1.54, 1.807) is 18.4 Å². The van der Waals surface area contributed by atoms with Crippen LogP contribution < -0.4 is 0 Å². The van der Waals surface area contributed by atoms with Crippen molar-refractivity contribution in [2.24, 2.45) is 0 Å². The lowest BCUT2D eigenvalue weighted by Gasteiger charge is -2.11. The van der Waals surface area contributed by atoms with E-state index in [9.17, 15) is 0 Å². The van der Waals surface area contributed by atoms with E-state index in [0.717, 1.165) is 0 Å². The first-order valence-electron chi connectivity index (χ1n) is 5.45. The zero-order chi connectivity index (χ0) is 12.1. The Bertz CT molecular complexity index is 432. The van der Waals surface area contributed by atoms with E-state index >= 15 is 0 Å². The second-order valence-corrected chi connectivity index (χ2v) is 3.18. The Morgan fingerprint density at radius 2 is 2.06 bits per heavy atom. The van der Waals surface area contributed by atoms with E-state index in [-0.39, 0.29) is 0 Å². The van der Waals surface area contributed by atoms with Crippen molar-refractivity contribution in [3.8, 4) is 11.6 Å². The lowest BCUT2D eigenvalue weighted by molar-refractivity contribution is -0.155. The summed E-state index contributed by atoms with van der Waals surface area (Å²) in [6.45, 7) is 4.75. The number of furan rings is 1. The van der Waals surface area contributed by atoms with E-state index < -0.39 is 6.29 Å². The minimum atomic E-state index is -0.624. The van der Waals surface area contributed by atoms with Crippen LogP contribution in [0.15, 0.2) is 27.3 Å². The van der Waals surface area contributed by atoms with Gasteiger partial charge in [0.2, 0.25) is 12.1 Å². The molecule has 0 radical (unpaired) electrons. The molecule has 0 saturated heterocycles. The van der Waals surface area contributed by atoms with Gasteiger partial charge in [0.15, 0.2) is 5.76 Å². The summed E-state index contributed by atoms with van der Waals surface area (Å²) < 4.78 is 21.0. The Morgan fingerprint density at radius 1 is 1.29 bits per heavy atom. The molecule has 0 spiro atoms. The predicted octanol–water partition coefficient (Wildman–Crippen LogP) is 2.40. The van der Waals surface area contributed by atoms with Crippen molar-refractivity contribution >= 4 is 0 Å². The summed E-state index contributed by atoms with van der Waals surface area (Å²) in [6.07, 6.45) is 0.926. The summed E-state index contributed by atoms with van der Waals surface area (Å²) in [6, 6.07) is 3.51. The van der Waals surface area contributed by atoms with Crippen LogP contribution in [0.4, 0.5) is 0 Å². The third kappa shape index (κ3) is 2.72. The van der Waals surface area contributed by atoms with Gasteiger partial charge in [0.25, 0.3) is 5.89 Å². The smallest absolute Gasteiger partial charge is 0.284 e. The highest BCUT2D eigenvalue weighted by molar-refractivity contribution is 5.44. The van der Waals surface area contributed by atoms with Crippen LogP contribution in [0.3, 0.4) is 0 Å². The number of ether oxygens (including phenoxy) is 2. The molecule has 0 aliphatic rings. The van der Waals surface area contributed by atoms with Crippen LogP contribution in [0.5, 0.6) is 0 Å². The van der Waals surface area contributed by atoms with Gasteiger partial charge in [-0.2, -0.15) is 4.98 Å². The largest absolute Gasteiger partial charge is 0.461 e. The average molecular weight is 238 g/mol. The van der Waals surface area contributed by atoms with Crippen molar-refractivity contribution in [1.82, 2.24) is 10.1 Å². The zero-order valence-corrected chi connectivity index (χ0v) is 9.75. The fourth-order valence-corrected chi connectivity index (χ4v) is 1.33. The van der Waals surface area contributed by atoms with Crippen LogP contribution in [-0.4, -0.2) is 23.4 Å². The molecule has 2 heterocycles. The Morgan fingerprint density at radius 3 is 2.65 bits per heavy atom. The molecule has 0 amide bonds. The van der Waals surface area contributed by atoms with Gasteiger partial charge < -0.3 is 18.4 Å². The maximum Gasteiger partial charge on any atom is 0.284 e. The van der Waals surface area contributed by atoms with Crippen LogP contribution >= 0.6 is 0 Å². The Labute approximate surface area is 98.5 Å². The second-order valence-electron chi connectivity index (χ2n) is 3.18. The Kier molecular flexibility index (Phi) is 3.89. The van der Waals surface area contributed by atoms with Crippen LogP contribution in [0.25, 0.3) is 11.6 Å². The molecule has 0 N–H and O–H groups in total. The molecule has 2 aromatic heterocycles. The highest BCUT2D eigenvalue weighted by atomic mass is 16.7. The van der Waals surface area contributed by atoms with Crippen molar-refractivity contribution in [1.29, 1.82) is 0 Å². The minimum absolute atomic E-state index is 0.292. The number of hydrogen-bond donors (Lipinski definition) is 0. The van der Waals surface area contributed by atoms with Gasteiger partial charge in [-0.15, -0.1) is 0 Å². The molecular formula is C11H14N2O4. The van der Waals surface area contributed by atoms with E-state index in [1.807, 2.05) is 13.8 Å². The summed E-state index contributed by atoms with van der Waals surface area (Å²) in [4.78, 5) is 4.17. The van der Waals surface area contributed by atoms with Crippen LogP contribution in [0.2, 0.25) is 0 Å². The van der Waals surface area contributed by atoms with Crippen molar-refractivity contribution in [2.75, 3.05) is 13.2 Å². The standard InChI is InChI=1S/C11H14N2O4/c1-3-14-11(15-4-2)10-12-9(13-17-10)8-6-5-7-16-8/h5-7,11H,3-4H2,1-2H3. The van der Waals surface area contributed by atoms with Gasteiger partial charge in [0.05, 0.1) is 6.26 Å².